The van der Waals surface area contributed by atoms with Gasteiger partial charge in [0.2, 0.25) is 10.0 Å². The number of ether oxygens (including phenoxy) is 3. The standard InChI is InChI=1S/C24H31N3O7S/c1-26(35(4,30)31)21-11-10-18(14-19(21)23(28)33-3)27-13-12-20(22(15-27)32-2)25-24(29)34-16-17-8-6-5-7-9-17/h5-11,14,20,22H,12-13,15-16H2,1-4H3,(H,25,29)/t20-,22-/m0/s1. The van der Waals surface area contributed by atoms with E-state index in [0.717, 1.165) is 16.1 Å². The van der Waals surface area contributed by atoms with E-state index in [-0.39, 0.29) is 30.0 Å². The molecule has 0 aliphatic carbocycles. The lowest BCUT2D eigenvalue weighted by Crippen LogP contribution is -2.55. The minimum atomic E-state index is -3.57. The van der Waals surface area contributed by atoms with E-state index < -0.39 is 22.1 Å². The topological polar surface area (TPSA) is 114 Å². The molecule has 190 valence electrons. The second kappa shape index (κ2) is 11.4. The summed E-state index contributed by atoms with van der Waals surface area (Å²) in [6.07, 6.45) is 0.800. The van der Waals surface area contributed by atoms with Gasteiger partial charge in [0, 0.05) is 32.9 Å². The predicted octanol–water partition coefficient (Wildman–Crippen LogP) is 2.39. The van der Waals surface area contributed by atoms with Crippen LogP contribution in [0, 0.1) is 0 Å². The molecule has 0 spiro atoms. The van der Waals surface area contributed by atoms with Gasteiger partial charge in [0.25, 0.3) is 0 Å². The normalized spacial score (nSPS) is 18.0. The van der Waals surface area contributed by atoms with Gasteiger partial charge in [-0.25, -0.2) is 18.0 Å². The largest absolute Gasteiger partial charge is 0.465 e. The maximum atomic E-state index is 12.4. The van der Waals surface area contributed by atoms with E-state index in [2.05, 4.69) is 5.32 Å². The number of rotatable bonds is 8. The van der Waals surface area contributed by atoms with Crippen molar-refractivity contribution in [2.75, 3.05) is 49.8 Å². The van der Waals surface area contributed by atoms with Gasteiger partial charge in [0.05, 0.1) is 36.8 Å². The van der Waals surface area contributed by atoms with Crippen LogP contribution in [0.5, 0.6) is 0 Å². The lowest BCUT2D eigenvalue weighted by atomic mass is 10.0. The molecule has 0 unspecified atom stereocenters. The molecule has 0 radical (unpaired) electrons. The van der Waals surface area contributed by atoms with E-state index in [1.807, 2.05) is 35.2 Å². The highest BCUT2D eigenvalue weighted by atomic mass is 32.2. The maximum Gasteiger partial charge on any atom is 0.407 e. The molecule has 2 aromatic rings. The van der Waals surface area contributed by atoms with Gasteiger partial charge in [-0.05, 0) is 30.2 Å². The molecule has 11 heteroatoms. The summed E-state index contributed by atoms with van der Waals surface area (Å²) in [6.45, 7) is 1.20. The van der Waals surface area contributed by atoms with E-state index in [9.17, 15) is 18.0 Å². The average Bonchev–Trinajstić information content (AvgIpc) is 2.86. The number of sulfonamides is 1. The number of carbonyl (C=O) groups is 2. The SMILES string of the molecule is COC(=O)c1cc(N2CC[C@H](NC(=O)OCc3ccccc3)[C@@H](OC)C2)ccc1N(C)S(C)(=O)=O. The highest BCUT2D eigenvalue weighted by Gasteiger charge is 2.32. The van der Waals surface area contributed by atoms with Crippen molar-refractivity contribution in [3.63, 3.8) is 0 Å². The molecule has 10 nitrogen and oxygen atoms in total. The fraction of sp³-hybridized carbons (Fsp3) is 0.417. The van der Waals surface area contributed by atoms with Crippen molar-refractivity contribution in [2.45, 2.75) is 25.2 Å². The molecule has 2 atom stereocenters. The van der Waals surface area contributed by atoms with Gasteiger partial charge in [-0.1, -0.05) is 30.3 Å². The van der Waals surface area contributed by atoms with Crippen LogP contribution in [0.25, 0.3) is 0 Å². The Hall–Kier alpha value is -3.31. The third-order valence-corrected chi connectivity index (χ3v) is 7.16. The summed E-state index contributed by atoms with van der Waals surface area (Å²) in [7, 11) is 0.624. The Labute approximate surface area is 205 Å². The molecular weight excluding hydrogens is 474 g/mol. The summed E-state index contributed by atoms with van der Waals surface area (Å²) >= 11 is 0. The second-order valence-corrected chi connectivity index (χ2v) is 10.3. The number of methoxy groups -OCH3 is 2. The molecule has 1 heterocycles. The van der Waals surface area contributed by atoms with Crippen LogP contribution in [0.15, 0.2) is 48.5 Å². The quantitative estimate of drug-likeness (QED) is 0.544. The Morgan fingerprint density at radius 1 is 1.14 bits per heavy atom. The van der Waals surface area contributed by atoms with E-state index in [4.69, 9.17) is 14.2 Å². The molecule has 1 saturated heterocycles. The van der Waals surface area contributed by atoms with Gasteiger partial charge in [0.1, 0.15) is 6.61 Å². The molecule has 0 saturated carbocycles. The van der Waals surface area contributed by atoms with E-state index in [1.54, 1.807) is 25.3 Å². The van der Waals surface area contributed by atoms with Crippen molar-refractivity contribution in [1.29, 1.82) is 0 Å². The van der Waals surface area contributed by atoms with Gasteiger partial charge in [0.15, 0.2) is 0 Å². The molecule has 1 aliphatic rings. The van der Waals surface area contributed by atoms with Crippen molar-refractivity contribution in [3.05, 3.63) is 59.7 Å². The minimum Gasteiger partial charge on any atom is -0.465 e. The van der Waals surface area contributed by atoms with Crippen molar-refractivity contribution >= 4 is 33.5 Å². The summed E-state index contributed by atoms with van der Waals surface area (Å²) < 4.78 is 40.9. The number of anilines is 2. The van der Waals surface area contributed by atoms with Gasteiger partial charge in [-0.2, -0.15) is 0 Å². The van der Waals surface area contributed by atoms with Crippen LogP contribution in [0.3, 0.4) is 0 Å². The number of nitrogens with zero attached hydrogens (tertiary/aromatic N) is 2. The summed E-state index contributed by atoms with van der Waals surface area (Å²) in [5.41, 5.74) is 1.97. The Balaban J connectivity index is 1.70. The number of carbonyl (C=O) groups excluding carboxylic acids is 2. The first-order chi connectivity index (χ1) is 16.6. The zero-order valence-electron chi connectivity index (χ0n) is 20.3. The predicted molar refractivity (Wildman–Crippen MR) is 132 cm³/mol. The maximum absolute atomic E-state index is 12.4. The highest BCUT2D eigenvalue weighted by Crippen LogP contribution is 2.30. The summed E-state index contributed by atoms with van der Waals surface area (Å²) in [5, 5.41) is 2.88. The number of piperidine rings is 1. The molecule has 1 fully saturated rings. The van der Waals surface area contributed by atoms with Crippen LogP contribution in [0.2, 0.25) is 0 Å². The number of amides is 1. The molecule has 0 bridgehead atoms. The number of nitrogens with one attached hydrogen (secondary N) is 1. The Morgan fingerprint density at radius 3 is 2.49 bits per heavy atom. The van der Waals surface area contributed by atoms with Gasteiger partial charge in [-0.15, -0.1) is 0 Å². The van der Waals surface area contributed by atoms with E-state index in [1.165, 1.54) is 14.2 Å². The first-order valence-electron chi connectivity index (χ1n) is 11.0. The monoisotopic (exact) mass is 505 g/mol. The number of esters is 1. The summed E-state index contributed by atoms with van der Waals surface area (Å²) in [5.74, 6) is -0.640. The van der Waals surface area contributed by atoms with Gasteiger partial charge in [-0.3, -0.25) is 4.31 Å². The molecule has 1 aliphatic heterocycles. The van der Waals surface area contributed by atoms with E-state index in [0.29, 0.717) is 25.2 Å². The lowest BCUT2D eigenvalue weighted by molar-refractivity contribution is 0.0545. The zero-order valence-corrected chi connectivity index (χ0v) is 21.1. The fourth-order valence-electron chi connectivity index (χ4n) is 3.92. The van der Waals surface area contributed by atoms with Crippen molar-refractivity contribution in [1.82, 2.24) is 5.32 Å². The smallest absolute Gasteiger partial charge is 0.407 e. The minimum absolute atomic E-state index is 0.136. The Kier molecular flexibility index (Phi) is 8.57. The first-order valence-corrected chi connectivity index (χ1v) is 12.9. The molecule has 2 aromatic carbocycles. The summed E-state index contributed by atoms with van der Waals surface area (Å²) in [4.78, 5) is 26.7. The highest BCUT2D eigenvalue weighted by molar-refractivity contribution is 7.92. The number of benzene rings is 2. The zero-order chi connectivity index (χ0) is 25.6. The van der Waals surface area contributed by atoms with Crippen LogP contribution >= 0.6 is 0 Å². The average molecular weight is 506 g/mol. The Morgan fingerprint density at radius 2 is 1.86 bits per heavy atom. The third kappa shape index (κ3) is 6.64. The van der Waals surface area contributed by atoms with Crippen LogP contribution in [-0.4, -0.2) is 73.2 Å². The fourth-order valence-corrected chi connectivity index (χ4v) is 4.44. The second-order valence-electron chi connectivity index (χ2n) is 8.24. The first kappa shape index (κ1) is 26.3. The summed E-state index contributed by atoms with van der Waals surface area (Å²) in [6, 6.07) is 14.1. The molecule has 1 N–H and O–H groups in total. The molecule has 1 amide bonds. The van der Waals surface area contributed by atoms with Crippen molar-refractivity contribution < 1.29 is 32.2 Å². The van der Waals surface area contributed by atoms with Gasteiger partial charge >= 0.3 is 12.1 Å². The third-order valence-electron chi connectivity index (χ3n) is 5.97. The van der Waals surface area contributed by atoms with Crippen LogP contribution in [0.1, 0.15) is 22.3 Å². The van der Waals surface area contributed by atoms with Crippen molar-refractivity contribution in [2.24, 2.45) is 0 Å². The van der Waals surface area contributed by atoms with Crippen LogP contribution in [-0.2, 0) is 30.8 Å². The van der Waals surface area contributed by atoms with Crippen LogP contribution in [0.4, 0.5) is 16.2 Å². The van der Waals surface area contributed by atoms with Crippen LogP contribution < -0.4 is 14.5 Å². The molecule has 0 aromatic heterocycles. The molecule has 35 heavy (non-hydrogen) atoms. The number of hydrogen-bond donors (Lipinski definition) is 1. The van der Waals surface area contributed by atoms with E-state index >= 15 is 0 Å². The van der Waals surface area contributed by atoms with Crippen molar-refractivity contribution in [3.8, 4) is 0 Å². The number of hydrogen-bond acceptors (Lipinski definition) is 8. The molecule has 3 rings (SSSR count). The molecular formula is C24H31N3O7S. The number of alkyl carbamates (subject to hydrolysis) is 1. The van der Waals surface area contributed by atoms with Gasteiger partial charge < -0.3 is 24.4 Å². The Bertz CT molecular complexity index is 1140. The lowest BCUT2D eigenvalue weighted by Gasteiger charge is -2.39.